The SMILES string of the molecule is CCC[C@@H]1NC(=O)[C@H]2CN(S(=O)(=O)c3ccc(C)cc3)CCN2C1=O. The number of nitrogens with zero attached hydrogens (tertiary/aromatic N) is 2. The number of aryl methyl sites for hydroxylation is 1. The van der Waals surface area contributed by atoms with Crippen LogP contribution in [0.1, 0.15) is 25.3 Å². The van der Waals surface area contributed by atoms with Gasteiger partial charge in [-0.3, -0.25) is 9.59 Å². The van der Waals surface area contributed by atoms with E-state index in [2.05, 4.69) is 5.32 Å². The van der Waals surface area contributed by atoms with Gasteiger partial charge in [0.1, 0.15) is 12.1 Å². The number of carbonyl (C=O) groups is 2. The fourth-order valence-corrected chi connectivity index (χ4v) is 4.78. The van der Waals surface area contributed by atoms with Crippen molar-refractivity contribution in [3.05, 3.63) is 29.8 Å². The Morgan fingerprint density at radius 3 is 2.48 bits per heavy atom. The van der Waals surface area contributed by atoms with Crippen molar-refractivity contribution in [3.8, 4) is 0 Å². The fraction of sp³-hybridized carbons (Fsp3) is 0.529. The minimum Gasteiger partial charge on any atom is -0.342 e. The van der Waals surface area contributed by atoms with E-state index in [1.165, 1.54) is 9.21 Å². The van der Waals surface area contributed by atoms with Gasteiger partial charge in [0.2, 0.25) is 21.8 Å². The summed E-state index contributed by atoms with van der Waals surface area (Å²) in [6, 6.07) is 5.38. The number of rotatable bonds is 4. The Kier molecular flexibility index (Phi) is 4.83. The van der Waals surface area contributed by atoms with Crippen LogP contribution in [-0.2, 0) is 19.6 Å². The van der Waals surface area contributed by atoms with Gasteiger partial charge in [-0.1, -0.05) is 31.0 Å². The van der Waals surface area contributed by atoms with E-state index in [4.69, 9.17) is 0 Å². The zero-order valence-corrected chi connectivity index (χ0v) is 15.3. The molecule has 7 nitrogen and oxygen atoms in total. The molecule has 25 heavy (non-hydrogen) atoms. The normalized spacial score (nSPS) is 24.8. The molecule has 2 heterocycles. The zero-order chi connectivity index (χ0) is 18.2. The Balaban J connectivity index is 1.80. The average molecular weight is 365 g/mol. The van der Waals surface area contributed by atoms with Crippen LogP contribution in [0.2, 0.25) is 0 Å². The van der Waals surface area contributed by atoms with Crippen molar-refractivity contribution in [2.45, 2.75) is 43.7 Å². The van der Waals surface area contributed by atoms with Crippen LogP contribution in [-0.4, -0.2) is 61.2 Å². The number of fused-ring (bicyclic) bond motifs is 1. The Labute approximate surface area is 148 Å². The number of carbonyl (C=O) groups excluding carboxylic acids is 2. The molecule has 2 saturated heterocycles. The van der Waals surface area contributed by atoms with Crippen molar-refractivity contribution < 1.29 is 18.0 Å². The van der Waals surface area contributed by atoms with Gasteiger partial charge in [0.25, 0.3) is 0 Å². The molecule has 1 aromatic rings. The summed E-state index contributed by atoms with van der Waals surface area (Å²) in [7, 11) is -3.68. The molecule has 0 saturated carbocycles. The van der Waals surface area contributed by atoms with Crippen LogP contribution < -0.4 is 5.32 Å². The molecule has 2 amide bonds. The number of amides is 2. The minimum absolute atomic E-state index is 0.00731. The summed E-state index contributed by atoms with van der Waals surface area (Å²) < 4.78 is 26.9. The summed E-state index contributed by atoms with van der Waals surface area (Å²) in [5.41, 5.74) is 0.975. The van der Waals surface area contributed by atoms with E-state index >= 15 is 0 Å². The molecule has 2 aliphatic heterocycles. The Morgan fingerprint density at radius 2 is 1.84 bits per heavy atom. The molecule has 2 aliphatic rings. The van der Waals surface area contributed by atoms with Crippen LogP contribution in [0.5, 0.6) is 0 Å². The van der Waals surface area contributed by atoms with Crippen molar-refractivity contribution in [2.75, 3.05) is 19.6 Å². The highest BCUT2D eigenvalue weighted by Gasteiger charge is 2.45. The molecule has 3 rings (SSSR count). The molecule has 0 unspecified atom stereocenters. The lowest BCUT2D eigenvalue weighted by molar-refractivity contribution is -0.151. The third kappa shape index (κ3) is 3.28. The van der Waals surface area contributed by atoms with Gasteiger partial charge in [-0.2, -0.15) is 4.31 Å². The van der Waals surface area contributed by atoms with Gasteiger partial charge in [-0.15, -0.1) is 0 Å². The lowest BCUT2D eigenvalue weighted by Crippen LogP contribution is -2.69. The maximum absolute atomic E-state index is 12.8. The third-order valence-electron chi connectivity index (χ3n) is 4.78. The highest BCUT2D eigenvalue weighted by molar-refractivity contribution is 7.89. The molecular formula is C17H23N3O4S. The quantitative estimate of drug-likeness (QED) is 0.842. The van der Waals surface area contributed by atoms with Crippen LogP contribution >= 0.6 is 0 Å². The molecule has 0 spiro atoms. The second kappa shape index (κ2) is 6.76. The maximum atomic E-state index is 12.8. The number of sulfonamides is 1. The highest BCUT2D eigenvalue weighted by Crippen LogP contribution is 2.23. The summed E-state index contributed by atoms with van der Waals surface area (Å²) in [6.45, 7) is 4.27. The molecule has 1 aromatic carbocycles. The summed E-state index contributed by atoms with van der Waals surface area (Å²) in [5.74, 6) is -0.388. The standard InChI is InChI=1S/C17H23N3O4S/c1-3-4-14-17(22)20-10-9-19(11-15(20)16(21)18-14)25(23,24)13-7-5-12(2)6-8-13/h5-8,14-15H,3-4,9-11H2,1-2H3,(H,18,21)/t14-,15+/m0/s1. The molecule has 0 aliphatic carbocycles. The van der Waals surface area contributed by atoms with Gasteiger partial charge in [-0.05, 0) is 25.5 Å². The van der Waals surface area contributed by atoms with Gasteiger partial charge < -0.3 is 10.2 Å². The van der Waals surface area contributed by atoms with Gasteiger partial charge in [0, 0.05) is 19.6 Å². The van der Waals surface area contributed by atoms with Crippen LogP contribution in [0.25, 0.3) is 0 Å². The van der Waals surface area contributed by atoms with E-state index < -0.39 is 22.1 Å². The summed E-state index contributed by atoms with van der Waals surface area (Å²) >= 11 is 0. The van der Waals surface area contributed by atoms with E-state index in [-0.39, 0.29) is 36.3 Å². The highest BCUT2D eigenvalue weighted by atomic mass is 32.2. The Morgan fingerprint density at radius 1 is 1.16 bits per heavy atom. The molecule has 0 radical (unpaired) electrons. The van der Waals surface area contributed by atoms with E-state index in [9.17, 15) is 18.0 Å². The largest absolute Gasteiger partial charge is 0.342 e. The first-order valence-electron chi connectivity index (χ1n) is 8.52. The second-order valence-electron chi connectivity index (χ2n) is 6.57. The van der Waals surface area contributed by atoms with Gasteiger partial charge >= 0.3 is 0 Å². The first-order chi connectivity index (χ1) is 11.8. The zero-order valence-electron chi connectivity index (χ0n) is 14.4. The number of hydrogen-bond acceptors (Lipinski definition) is 4. The van der Waals surface area contributed by atoms with Crippen LogP contribution in [0.4, 0.5) is 0 Å². The first-order valence-corrected chi connectivity index (χ1v) is 9.96. The molecule has 0 bridgehead atoms. The molecule has 8 heteroatoms. The van der Waals surface area contributed by atoms with Crippen molar-refractivity contribution in [3.63, 3.8) is 0 Å². The molecule has 0 aromatic heterocycles. The topological polar surface area (TPSA) is 86.8 Å². The molecule has 2 atom stereocenters. The number of nitrogens with one attached hydrogen (secondary N) is 1. The Bertz CT molecular complexity index is 776. The van der Waals surface area contributed by atoms with E-state index in [0.29, 0.717) is 6.42 Å². The van der Waals surface area contributed by atoms with Crippen molar-refractivity contribution >= 4 is 21.8 Å². The lowest BCUT2D eigenvalue weighted by Gasteiger charge is -2.44. The van der Waals surface area contributed by atoms with Crippen molar-refractivity contribution in [1.29, 1.82) is 0 Å². The third-order valence-corrected chi connectivity index (χ3v) is 6.66. The monoisotopic (exact) mass is 365 g/mol. The maximum Gasteiger partial charge on any atom is 0.245 e. The lowest BCUT2D eigenvalue weighted by atomic mass is 10.0. The van der Waals surface area contributed by atoms with Crippen molar-refractivity contribution in [2.24, 2.45) is 0 Å². The fourth-order valence-electron chi connectivity index (χ4n) is 3.34. The predicted molar refractivity (Wildman–Crippen MR) is 92.3 cm³/mol. The van der Waals surface area contributed by atoms with E-state index in [0.717, 1.165) is 12.0 Å². The second-order valence-corrected chi connectivity index (χ2v) is 8.51. The van der Waals surface area contributed by atoms with Gasteiger partial charge in [0.15, 0.2) is 0 Å². The summed E-state index contributed by atoms with van der Waals surface area (Å²) in [4.78, 5) is 26.6. The molecule has 2 fully saturated rings. The number of piperazine rings is 2. The summed E-state index contributed by atoms with van der Waals surface area (Å²) in [6.07, 6.45) is 1.39. The molecule has 1 N–H and O–H groups in total. The minimum atomic E-state index is -3.68. The van der Waals surface area contributed by atoms with Crippen LogP contribution in [0, 0.1) is 6.92 Å². The van der Waals surface area contributed by atoms with E-state index in [1.54, 1.807) is 24.3 Å². The average Bonchev–Trinajstić information content (AvgIpc) is 2.59. The smallest absolute Gasteiger partial charge is 0.245 e. The number of hydrogen-bond donors (Lipinski definition) is 1. The first kappa shape index (κ1) is 17.9. The van der Waals surface area contributed by atoms with E-state index in [1.807, 2.05) is 13.8 Å². The van der Waals surface area contributed by atoms with Gasteiger partial charge in [0.05, 0.1) is 4.90 Å². The number of benzene rings is 1. The van der Waals surface area contributed by atoms with Crippen LogP contribution in [0.3, 0.4) is 0 Å². The predicted octanol–water partition coefficient (Wildman–Crippen LogP) is 0.495. The molecule has 136 valence electrons. The van der Waals surface area contributed by atoms with Gasteiger partial charge in [-0.25, -0.2) is 8.42 Å². The Hall–Kier alpha value is -1.93. The molecular weight excluding hydrogens is 342 g/mol. The van der Waals surface area contributed by atoms with Crippen molar-refractivity contribution in [1.82, 2.24) is 14.5 Å². The summed E-state index contributed by atoms with van der Waals surface area (Å²) in [5, 5.41) is 2.73. The van der Waals surface area contributed by atoms with Crippen LogP contribution in [0.15, 0.2) is 29.2 Å².